The molecular weight excluding hydrogens is 264 g/mol. The molecule has 0 saturated heterocycles. The van der Waals surface area contributed by atoms with Crippen LogP contribution in [0.1, 0.15) is 12.5 Å². The van der Waals surface area contributed by atoms with Gasteiger partial charge in [0, 0.05) is 17.5 Å². The molecule has 0 bridgehead atoms. The Bertz CT molecular complexity index is 578. The highest BCUT2D eigenvalue weighted by atomic mass is 32.2. The van der Waals surface area contributed by atoms with Crippen LogP contribution in [-0.4, -0.2) is 34.4 Å². The minimum Gasteiger partial charge on any atom is -0.315 e. The van der Waals surface area contributed by atoms with Crippen molar-refractivity contribution < 1.29 is 10.0 Å². The number of hydrogen-bond donors (Lipinski definition) is 2. The van der Waals surface area contributed by atoms with Gasteiger partial charge in [-0.3, -0.25) is 4.79 Å². The molecule has 0 saturated carbocycles. The first-order valence-electron chi connectivity index (χ1n) is 5.48. The minimum absolute atomic E-state index is 0.333. The van der Waals surface area contributed by atoms with Gasteiger partial charge in [-0.1, -0.05) is 12.1 Å². The molecule has 1 aliphatic rings. The molecule has 1 aromatic carbocycles. The van der Waals surface area contributed by atoms with E-state index in [1.165, 1.54) is 12.1 Å². The lowest BCUT2D eigenvalue weighted by Gasteiger charge is -2.21. The molecule has 0 spiro atoms. The topological polar surface area (TPSA) is 88.7 Å². The van der Waals surface area contributed by atoms with E-state index in [0.717, 1.165) is 16.7 Å². The Morgan fingerprint density at radius 1 is 1.47 bits per heavy atom. The minimum atomic E-state index is -1.25. The van der Waals surface area contributed by atoms with Crippen LogP contribution in [-0.2, 0) is 4.79 Å². The van der Waals surface area contributed by atoms with Gasteiger partial charge in [0.1, 0.15) is 5.40 Å². The summed E-state index contributed by atoms with van der Waals surface area (Å²) in [6.45, 7) is 1.57. The van der Waals surface area contributed by atoms with E-state index in [-0.39, 0.29) is 5.91 Å². The number of amides is 1. The Balaban J connectivity index is 2.38. The van der Waals surface area contributed by atoms with E-state index in [0.29, 0.717) is 11.3 Å². The van der Waals surface area contributed by atoms with E-state index in [9.17, 15) is 10.0 Å². The van der Waals surface area contributed by atoms with Crippen LogP contribution < -0.4 is 5.48 Å². The van der Waals surface area contributed by atoms with Gasteiger partial charge in [-0.25, -0.2) is 5.01 Å². The van der Waals surface area contributed by atoms with Gasteiger partial charge in [-0.2, -0.15) is 15.8 Å². The number of thioether (sulfide) groups is 1. The Kier molecular flexibility index (Phi) is 3.57. The van der Waals surface area contributed by atoms with Crippen LogP contribution >= 0.6 is 11.8 Å². The van der Waals surface area contributed by atoms with Crippen molar-refractivity contribution in [3.63, 3.8) is 0 Å². The van der Waals surface area contributed by atoms with Crippen molar-refractivity contribution in [2.75, 3.05) is 7.05 Å². The number of hydrazone groups is 1. The van der Waals surface area contributed by atoms with Crippen LogP contribution in [0.3, 0.4) is 0 Å². The fourth-order valence-electron chi connectivity index (χ4n) is 1.90. The molecule has 1 aromatic rings. The van der Waals surface area contributed by atoms with Crippen molar-refractivity contribution in [1.82, 2.24) is 10.5 Å². The molecule has 1 unspecified atom stereocenters. The Morgan fingerprint density at radius 2 is 2.11 bits per heavy atom. The number of nitriles is 1. The first kappa shape index (κ1) is 13.5. The van der Waals surface area contributed by atoms with Crippen molar-refractivity contribution in [1.29, 1.82) is 5.26 Å². The van der Waals surface area contributed by atoms with Crippen LogP contribution in [0.25, 0.3) is 0 Å². The number of hydrogen-bond acceptors (Lipinski definition) is 6. The summed E-state index contributed by atoms with van der Waals surface area (Å²) in [5.41, 5.74) is 1.93. The number of thiocyanates is 1. The molecule has 0 aliphatic carbocycles. The first-order valence-corrected chi connectivity index (χ1v) is 6.29. The third kappa shape index (κ3) is 2.21. The second-order valence-electron chi connectivity index (χ2n) is 4.23. The van der Waals surface area contributed by atoms with Gasteiger partial charge in [0.05, 0.1) is 5.71 Å². The maximum absolute atomic E-state index is 12.0. The Hall–Kier alpha value is -1.88. The third-order valence-corrected chi connectivity index (χ3v) is 3.56. The molecule has 98 valence electrons. The average molecular weight is 276 g/mol. The highest BCUT2D eigenvalue weighted by Gasteiger charge is 2.46. The number of nitrogens with one attached hydrogen (secondary N) is 1. The normalized spacial score (nSPS) is 22.3. The number of benzene rings is 1. The number of carbonyl (C=O) groups excluding carboxylic acids is 1. The van der Waals surface area contributed by atoms with Crippen LogP contribution in [0.2, 0.25) is 0 Å². The van der Waals surface area contributed by atoms with Gasteiger partial charge >= 0.3 is 0 Å². The quantitative estimate of drug-likeness (QED) is 0.491. The standard InChI is InChI=1S/C12H12N4O2S/c1-12(15-18)10(14-16(2)11(12)17)8-3-5-9(6-4-8)19-7-13/h3-6,15,18H,1-2H3. The first-order chi connectivity index (χ1) is 9.02. The summed E-state index contributed by atoms with van der Waals surface area (Å²) in [5, 5.41) is 25.2. The fraction of sp³-hybridized carbons (Fsp3) is 0.250. The Morgan fingerprint density at radius 3 is 2.63 bits per heavy atom. The van der Waals surface area contributed by atoms with E-state index >= 15 is 0 Å². The molecule has 0 fully saturated rings. The number of rotatable bonds is 3. The number of hydroxylamine groups is 1. The summed E-state index contributed by atoms with van der Waals surface area (Å²) in [6.07, 6.45) is 0. The third-order valence-electron chi connectivity index (χ3n) is 2.96. The van der Waals surface area contributed by atoms with Crippen LogP contribution in [0.4, 0.5) is 0 Å². The van der Waals surface area contributed by atoms with E-state index in [1.54, 1.807) is 31.2 Å². The molecule has 1 heterocycles. The molecular formula is C12H12N4O2S. The number of nitrogens with zero attached hydrogens (tertiary/aromatic N) is 3. The van der Waals surface area contributed by atoms with E-state index < -0.39 is 5.54 Å². The number of carbonyl (C=O) groups is 1. The molecule has 19 heavy (non-hydrogen) atoms. The predicted molar refractivity (Wildman–Crippen MR) is 70.5 cm³/mol. The SMILES string of the molecule is CN1N=C(c2ccc(SC#N)cc2)C(C)(NO)C1=O. The lowest BCUT2D eigenvalue weighted by molar-refractivity contribution is -0.134. The summed E-state index contributed by atoms with van der Waals surface area (Å²) in [5.74, 6) is -0.333. The zero-order chi connectivity index (χ0) is 14.0. The molecule has 2 rings (SSSR count). The summed E-state index contributed by atoms with van der Waals surface area (Å²) in [6, 6.07) is 7.07. The molecule has 0 aromatic heterocycles. The largest absolute Gasteiger partial charge is 0.315 e. The highest BCUT2D eigenvalue weighted by Crippen LogP contribution is 2.25. The van der Waals surface area contributed by atoms with Crippen molar-refractivity contribution in [3.05, 3.63) is 29.8 Å². The van der Waals surface area contributed by atoms with Crippen LogP contribution in [0.5, 0.6) is 0 Å². The van der Waals surface area contributed by atoms with Gasteiger partial charge in [0.25, 0.3) is 5.91 Å². The zero-order valence-corrected chi connectivity index (χ0v) is 11.2. The summed E-state index contributed by atoms with van der Waals surface area (Å²) in [7, 11) is 1.53. The average Bonchev–Trinajstić information content (AvgIpc) is 2.65. The summed E-state index contributed by atoms with van der Waals surface area (Å²) >= 11 is 1.06. The maximum Gasteiger partial charge on any atom is 0.270 e. The molecule has 0 radical (unpaired) electrons. The second kappa shape index (κ2) is 5.01. The van der Waals surface area contributed by atoms with E-state index in [1.807, 2.05) is 10.9 Å². The summed E-state index contributed by atoms with van der Waals surface area (Å²) in [4.78, 5) is 12.8. The van der Waals surface area contributed by atoms with Crippen molar-refractivity contribution in [2.45, 2.75) is 17.4 Å². The van der Waals surface area contributed by atoms with Gasteiger partial charge in [-0.15, -0.1) is 0 Å². The molecule has 7 heteroatoms. The molecule has 2 N–H and O–H groups in total. The van der Waals surface area contributed by atoms with E-state index in [2.05, 4.69) is 5.10 Å². The molecule has 1 aliphatic heterocycles. The predicted octanol–water partition coefficient (Wildman–Crippen LogP) is 1.17. The van der Waals surface area contributed by atoms with Crippen molar-refractivity contribution in [2.24, 2.45) is 5.10 Å². The molecule has 6 nitrogen and oxygen atoms in total. The maximum atomic E-state index is 12.0. The van der Waals surface area contributed by atoms with Crippen molar-refractivity contribution in [3.8, 4) is 5.40 Å². The van der Waals surface area contributed by atoms with Gasteiger partial charge < -0.3 is 5.21 Å². The lowest BCUT2D eigenvalue weighted by Crippen LogP contribution is -2.53. The molecule has 1 amide bonds. The highest BCUT2D eigenvalue weighted by molar-refractivity contribution is 8.03. The number of likely N-dealkylation sites (N-methyl/N-ethyl adjacent to an activating group) is 1. The lowest BCUT2D eigenvalue weighted by atomic mass is 9.91. The second-order valence-corrected chi connectivity index (χ2v) is 5.09. The van der Waals surface area contributed by atoms with Crippen LogP contribution in [0, 0.1) is 10.7 Å². The van der Waals surface area contributed by atoms with Gasteiger partial charge in [0.2, 0.25) is 0 Å². The van der Waals surface area contributed by atoms with E-state index in [4.69, 9.17) is 5.26 Å². The van der Waals surface area contributed by atoms with Crippen LogP contribution in [0.15, 0.2) is 34.3 Å². The fourth-order valence-corrected chi connectivity index (χ4v) is 2.28. The van der Waals surface area contributed by atoms with Gasteiger partial charge in [0.15, 0.2) is 5.54 Å². The zero-order valence-electron chi connectivity index (χ0n) is 10.4. The Labute approximate surface area is 114 Å². The smallest absolute Gasteiger partial charge is 0.270 e. The molecule has 1 atom stereocenters. The van der Waals surface area contributed by atoms with Crippen molar-refractivity contribution >= 4 is 23.4 Å². The summed E-state index contributed by atoms with van der Waals surface area (Å²) < 4.78 is 0. The monoisotopic (exact) mass is 276 g/mol. The van der Waals surface area contributed by atoms with Gasteiger partial charge in [-0.05, 0) is 30.8 Å².